The lowest BCUT2D eigenvalue weighted by Gasteiger charge is -2.02. The minimum atomic E-state index is -0.267. The largest absolute Gasteiger partial charge is 0.321 e. The monoisotopic (exact) mass is 421 g/mol. The molecule has 0 spiro atoms. The topological polar surface area (TPSA) is 101 Å². The molecule has 8 nitrogen and oxygen atoms in total. The number of aryl methyl sites for hydroxylation is 1. The van der Waals surface area contributed by atoms with Crippen LogP contribution in [-0.4, -0.2) is 35.9 Å². The Labute approximate surface area is 183 Å². The number of carbonyl (C=O) groups is 1. The van der Waals surface area contributed by atoms with Crippen molar-refractivity contribution in [2.24, 2.45) is 0 Å². The Kier molecular flexibility index (Phi) is 5.01. The van der Waals surface area contributed by atoms with E-state index in [1.807, 2.05) is 61.7 Å². The first-order valence-electron chi connectivity index (χ1n) is 10.0. The molecule has 0 saturated heterocycles. The van der Waals surface area contributed by atoms with Crippen molar-refractivity contribution in [3.8, 4) is 16.9 Å². The fourth-order valence-electron chi connectivity index (χ4n) is 3.39. The summed E-state index contributed by atoms with van der Waals surface area (Å²) in [7, 11) is 0. The van der Waals surface area contributed by atoms with Gasteiger partial charge in [0.1, 0.15) is 5.69 Å². The number of nitrogens with zero attached hydrogens (tertiary/aromatic N) is 5. The van der Waals surface area contributed by atoms with Crippen molar-refractivity contribution in [1.29, 1.82) is 0 Å². The molecule has 5 aromatic rings. The van der Waals surface area contributed by atoms with Gasteiger partial charge in [0.05, 0.1) is 17.6 Å². The van der Waals surface area contributed by atoms with Crippen LogP contribution in [0.1, 0.15) is 11.3 Å². The first-order chi connectivity index (χ1) is 15.7. The molecule has 32 heavy (non-hydrogen) atoms. The highest BCUT2D eigenvalue weighted by molar-refractivity contribution is 6.03. The van der Waals surface area contributed by atoms with Crippen molar-refractivity contribution in [2.75, 3.05) is 5.32 Å². The molecule has 2 N–H and O–H groups in total. The molecular weight excluding hydrogens is 402 g/mol. The van der Waals surface area contributed by atoms with Crippen LogP contribution in [0.5, 0.6) is 0 Å². The maximum atomic E-state index is 12.6. The van der Waals surface area contributed by atoms with Crippen LogP contribution in [0.4, 0.5) is 5.69 Å². The lowest BCUT2D eigenvalue weighted by atomic mass is 10.1. The van der Waals surface area contributed by atoms with Crippen molar-refractivity contribution in [3.63, 3.8) is 0 Å². The minimum absolute atomic E-state index is 0.267. The molecule has 4 aromatic heterocycles. The van der Waals surface area contributed by atoms with Crippen LogP contribution in [0, 0.1) is 6.92 Å². The number of carbonyl (C=O) groups excluding carboxylic acids is 1. The molecule has 156 valence electrons. The van der Waals surface area contributed by atoms with Gasteiger partial charge >= 0.3 is 0 Å². The smallest absolute Gasteiger partial charge is 0.248 e. The van der Waals surface area contributed by atoms with Gasteiger partial charge in [0.15, 0.2) is 5.65 Å². The van der Waals surface area contributed by atoms with E-state index < -0.39 is 0 Å². The van der Waals surface area contributed by atoms with Crippen LogP contribution in [-0.2, 0) is 4.79 Å². The highest BCUT2D eigenvalue weighted by Gasteiger charge is 2.11. The predicted octanol–water partition coefficient (Wildman–Crippen LogP) is 4.17. The first-order valence-corrected chi connectivity index (χ1v) is 10.0. The number of aromatic nitrogens is 6. The third-order valence-corrected chi connectivity index (χ3v) is 4.98. The second kappa shape index (κ2) is 8.27. The normalized spacial score (nSPS) is 11.3. The number of hydrogen-bond donors (Lipinski definition) is 2. The zero-order valence-electron chi connectivity index (χ0n) is 17.2. The molecule has 0 saturated carbocycles. The molecule has 0 radical (unpaired) electrons. The molecule has 1 amide bonds. The van der Waals surface area contributed by atoms with Crippen molar-refractivity contribution in [1.82, 2.24) is 29.9 Å². The van der Waals surface area contributed by atoms with Crippen LogP contribution in [0.25, 0.3) is 34.1 Å². The molecule has 0 atom stereocenters. The van der Waals surface area contributed by atoms with E-state index >= 15 is 0 Å². The van der Waals surface area contributed by atoms with Crippen LogP contribution in [0.15, 0.2) is 79.4 Å². The van der Waals surface area contributed by atoms with Gasteiger partial charge in [-0.15, -0.1) is 0 Å². The quantitative estimate of drug-likeness (QED) is 0.415. The SMILES string of the molecule is Cc1[nH]nc2ncc(NC(=O)/C=C/c3cn(-c4ccccc4)nc3-c3cccnc3)cc12. The van der Waals surface area contributed by atoms with E-state index in [-0.39, 0.29) is 5.91 Å². The zero-order chi connectivity index (χ0) is 21.9. The van der Waals surface area contributed by atoms with Crippen LogP contribution in [0.3, 0.4) is 0 Å². The summed E-state index contributed by atoms with van der Waals surface area (Å²) in [6, 6.07) is 15.5. The molecule has 0 fully saturated rings. The van der Waals surface area contributed by atoms with Crippen LogP contribution in [0.2, 0.25) is 0 Å². The van der Waals surface area contributed by atoms with E-state index in [1.165, 1.54) is 6.08 Å². The Bertz CT molecular complexity index is 1420. The fourth-order valence-corrected chi connectivity index (χ4v) is 3.39. The summed E-state index contributed by atoms with van der Waals surface area (Å²) in [6.07, 6.45) is 10.2. The molecule has 8 heteroatoms. The number of amides is 1. The summed E-state index contributed by atoms with van der Waals surface area (Å²) in [4.78, 5) is 21.0. The summed E-state index contributed by atoms with van der Waals surface area (Å²) in [5.41, 5.74) is 5.45. The summed E-state index contributed by atoms with van der Waals surface area (Å²) >= 11 is 0. The molecule has 1 aromatic carbocycles. The van der Waals surface area contributed by atoms with Gasteiger partial charge in [-0.05, 0) is 43.3 Å². The van der Waals surface area contributed by atoms with Crippen molar-refractivity contribution < 1.29 is 4.79 Å². The van der Waals surface area contributed by atoms with Gasteiger partial charge in [-0.1, -0.05) is 18.2 Å². The molecule has 5 rings (SSSR count). The molecule has 0 aliphatic rings. The first kappa shape index (κ1) is 19.4. The lowest BCUT2D eigenvalue weighted by Crippen LogP contribution is -2.07. The van der Waals surface area contributed by atoms with Crippen LogP contribution < -0.4 is 5.32 Å². The van der Waals surface area contributed by atoms with E-state index in [4.69, 9.17) is 5.10 Å². The van der Waals surface area contributed by atoms with E-state index in [9.17, 15) is 4.79 Å². The number of para-hydroxylation sites is 1. The van der Waals surface area contributed by atoms with Crippen molar-refractivity contribution in [3.05, 3.63) is 90.7 Å². The number of pyridine rings is 2. The zero-order valence-corrected chi connectivity index (χ0v) is 17.2. The Morgan fingerprint density at radius 3 is 2.81 bits per heavy atom. The number of H-pyrrole nitrogens is 1. The Balaban J connectivity index is 1.43. The Hall–Kier alpha value is -4.59. The van der Waals surface area contributed by atoms with Gasteiger partial charge in [0.25, 0.3) is 0 Å². The minimum Gasteiger partial charge on any atom is -0.321 e. The van der Waals surface area contributed by atoms with Gasteiger partial charge in [0.2, 0.25) is 5.91 Å². The third kappa shape index (κ3) is 3.89. The molecule has 0 bridgehead atoms. The van der Waals surface area contributed by atoms with E-state index in [2.05, 4.69) is 25.5 Å². The number of benzene rings is 1. The second-order valence-electron chi connectivity index (χ2n) is 7.22. The van der Waals surface area contributed by atoms with Gasteiger partial charge in [-0.3, -0.25) is 14.9 Å². The van der Waals surface area contributed by atoms with Crippen molar-refractivity contribution in [2.45, 2.75) is 6.92 Å². The molecule has 0 unspecified atom stereocenters. The summed E-state index contributed by atoms with van der Waals surface area (Å²) in [5, 5.41) is 15.4. The summed E-state index contributed by atoms with van der Waals surface area (Å²) < 4.78 is 1.79. The number of nitrogens with one attached hydrogen (secondary N) is 2. The fraction of sp³-hybridized carbons (Fsp3) is 0.0417. The van der Waals surface area contributed by atoms with E-state index in [1.54, 1.807) is 29.3 Å². The van der Waals surface area contributed by atoms with Gasteiger partial charge in [-0.2, -0.15) is 10.2 Å². The van der Waals surface area contributed by atoms with Crippen molar-refractivity contribution >= 4 is 28.7 Å². The van der Waals surface area contributed by atoms with Gasteiger partial charge < -0.3 is 5.32 Å². The second-order valence-corrected chi connectivity index (χ2v) is 7.22. The number of anilines is 1. The molecule has 4 heterocycles. The molecule has 0 aliphatic heterocycles. The Morgan fingerprint density at radius 1 is 1.12 bits per heavy atom. The number of fused-ring (bicyclic) bond motifs is 1. The number of rotatable bonds is 5. The van der Waals surface area contributed by atoms with Gasteiger partial charge in [0, 0.05) is 46.9 Å². The van der Waals surface area contributed by atoms with E-state index in [0.717, 1.165) is 33.6 Å². The Morgan fingerprint density at radius 2 is 2.00 bits per heavy atom. The molecular formula is C24H19N7O. The van der Waals surface area contributed by atoms with Gasteiger partial charge in [-0.25, -0.2) is 9.67 Å². The highest BCUT2D eigenvalue weighted by atomic mass is 16.1. The van der Waals surface area contributed by atoms with E-state index in [0.29, 0.717) is 11.3 Å². The standard InChI is InChI=1S/C24H19N7O/c1-16-21-12-19(14-26-24(21)29-28-16)27-22(32)10-9-18-15-31(20-7-3-2-4-8-20)30-23(18)17-6-5-11-25-13-17/h2-15H,1H3,(H,27,32)(H,26,28,29)/b10-9+. The number of aromatic amines is 1. The summed E-state index contributed by atoms with van der Waals surface area (Å²) in [6.45, 7) is 1.91. The maximum absolute atomic E-state index is 12.6. The molecule has 0 aliphatic carbocycles. The number of hydrogen-bond acceptors (Lipinski definition) is 5. The lowest BCUT2D eigenvalue weighted by molar-refractivity contribution is -0.111. The highest BCUT2D eigenvalue weighted by Crippen LogP contribution is 2.24. The summed E-state index contributed by atoms with van der Waals surface area (Å²) in [5.74, 6) is -0.267. The average Bonchev–Trinajstić information content (AvgIpc) is 3.43. The maximum Gasteiger partial charge on any atom is 0.248 e. The predicted molar refractivity (Wildman–Crippen MR) is 123 cm³/mol. The average molecular weight is 421 g/mol. The third-order valence-electron chi connectivity index (χ3n) is 4.98. The van der Waals surface area contributed by atoms with Crippen LogP contribution >= 0.6 is 0 Å².